The molecule has 0 amide bonds. The minimum Gasteiger partial charge on any atom is -0.421 e. The van der Waals surface area contributed by atoms with Crippen molar-refractivity contribution in [3.8, 4) is 17.7 Å². The molecule has 8 heteroatoms. The maximum atomic E-state index is 13.9. The molecule has 0 spiro atoms. The molecule has 6 nitrogen and oxygen atoms in total. The highest BCUT2D eigenvalue weighted by Gasteiger charge is 2.12. The van der Waals surface area contributed by atoms with Gasteiger partial charge in [-0.1, -0.05) is 12.1 Å². The van der Waals surface area contributed by atoms with Crippen LogP contribution in [0.3, 0.4) is 0 Å². The lowest BCUT2D eigenvalue weighted by molar-refractivity contribution is 0.407. The van der Waals surface area contributed by atoms with Crippen LogP contribution in [-0.4, -0.2) is 24.5 Å². The predicted molar refractivity (Wildman–Crippen MR) is 73.2 cm³/mol. The van der Waals surface area contributed by atoms with E-state index in [-0.39, 0.29) is 23.0 Å². The quantitative estimate of drug-likeness (QED) is 0.744. The van der Waals surface area contributed by atoms with Gasteiger partial charge in [0.2, 0.25) is 11.2 Å². The van der Waals surface area contributed by atoms with Crippen LogP contribution in [0, 0.1) is 12.7 Å². The normalized spacial score (nSPS) is 10.6. The number of nitrogens with zero attached hydrogens (tertiary/aromatic N) is 5. The van der Waals surface area contributed by atoms with Crippen molar-refractivity contribution < 1.29 is 9.13 Å². The van der Waals surface area contributed by atoms with Crippen LogP contribution in [0.1, 0.15) is 5.56 Å². The highest BCUT2D eigenvalue weighted by Crippen LogP contribution is 2.24. The highest BCUT2D eigenvalue weighted by molar-refractivity contribution is 6.28. The first-order chi connectivity index (χ1) is 10.1. The van der Waals surface area contributed by atoms with Gasteiger partial charge in [-0.25, -0.2) is 9.37 Å². The molecule has 0 unspecified atom stereocenters. The van der Waals surface area contributed by atoms with Crippen molar-refractivity contribution in [1.82, 2.24) is 24.5 Å². The second-order valence-electron chi connectivity index (χ2n) is 4.15. The number of aromatic nitrogens is 5. The second kappa shape index (κ2) is 5.45. The molecular formula is C13H9ClFN5O. The van der Waals surface area contributed by atoms with Crippen molar-refractivity contribution >= 4 is 11.6 Å². The van der Waals surface area contributed by atoms with Gasteiger partial charge >= 0.3 is 6.01 Å². The molecule has 0 aliphatic carbocycles. The third kappa shape index (κ3) is 2.82. The van der Waals surface area contributed by atoms with Gasteiger partial charge in [0.1, 0.15) is 6.33 Å². The number of ether oxygens (including phenoxy) is 1. The van der Waals surface area contributed by atoms with E-state index in [4.69, 9.17) is 16.3 Å². The summed E-state index contributed by atoms with van der Waals surface area (Å²) in [5, 5.41) is -0.0586. The van der Waals surface area contributed by atoms with Crippen molar-refractivity contribution in [2.24, 2.45) is 0 Å². The van der Waals surface area contributed by atoms with Crippen LogP contribution in [0.2, 0.25) is 5.28 Å². The van der Waals surface area contributed by atoms with Crippen LogP contribution in [-0.2, 0) is 0 Å². The van der Waals surface area contributed by atoms with E-state index in [0.29, 0.717) is 5.56 Å². The van der Waals surface area contributed by atoms with Crippen LogP contribution < -0.4 is 4.74 Å². The largest absolute Gasteiger partial charge is 0.421 e. The van der Waals surface area contributed by atoms with Gasteiger partial charge in [-0.05, 0) is 30.2 Å². The molecular weight excluding hydrogens is 297 g/mol. The van der Waals surface area contributed by atoms with Gasteiger partial charge in [-0.15, -0.1) is 0 Å². The van der Waals surface area contributed by atoms with Crippen molar-refractivity contribution in [3.63, 3.8) is 0 Å². The summed E-state index contributed by atoms with van der Waals surface area (Å²) in [5.41, 5.74) is 0.461. The van der Waals surface area contributed by atoms with Crippen molar-refractivity contribution in [2.75, 3.05) is 0 Å². The second-order valence-corrected chi connectivity index (χ2v) is 4.48. The SMILES string of the molecule is Cc1cccc(Oc2nc(Cl)nc(-n3ccnc3)n2)c1F. The average Bonchev–Trinajstić information content (AvgIpc) is 2.97. The Kier molecular flexibility index (Phi) is 3.49. The first-order valence-electron chi connectivity index (χ1n) is 5.96. The lowest BCUT2D eigenvalue weighted by Gasteiger charge is -2.07. The molecule has 0 bridgehead atoms. The number of imidazole rings is 1. The maximum Gasteiger partial charge on any atom is 0.328 e. The lowest BCUT2D eigenvalue weighted by atomic mass is 10.2. The van der Waals surface area contributed by atoms with E-state index in [1.165, 1.54) is 17.0 Å². The molecule has 0 atom stereocenters. The summed E-state index contributed by atoms with van der Waals surface area (Å²) in [7, 11) is 0. The van der Waals surface area contributed by atoms with E-state index >= 15 is 0 Å². The summed E-state index contributed by atoms with van der Waals surface area (Å²) in [4.78, 5) is 15.7. The fourth-order valence-electron chi connectivity index (χ4n) is 1.66. The Morgan fingerprint density at radius 1 is 1.24 bits per heavy atom. The molecule has 0 fully saturated rings. The van der Waals surface area contributed by atoms with Crippen molar-refractivity contribution in [3.05, 3.63) is 53.6 Å². The Hall–Kier alpha value is -2.54. The molecule has 0 N–H and O–H groups in total. The third-order valence-corrected chi connectivity index (χ3v) is 2.84. The summed E-state index contributed by atoms with van der Waals surface area (Å²) >= 11 is 5.83. The Balaban J connectivity index is 1.98. The van der Waals surface area contributed by atoms with E-state index in [9.17, 15) is 4.39 Å². The predicted octanol–water partition coefficient (Wildman–Crippen LogP) is 2.95. The Labute approximate surface area is 124 Å². The van der Waals surface area contributed by atoms with Gasteiger partial charge in [0.15, 0.2) is 11.6 Å². The summed E-state index contributed by atoms with van der Waals surface area (Å²) in [6.07, 6.45) is 4.71. The third-order valence-electron chi connectivity index (χ3n) is 2.67. The fourth-order valence-corrected chi connectivity index (χ4v) is 1.81. The lowest BCUT2D eigenvalue weighted by Crippen LogP contribution is -2.03. The van der Waals surface area contributed by atoms with Gasteiger partial charge in [-0.3, -0.25) is 4.57 Å². The van der Waals surface area contributed by atoms with E-state index in [1.54, 1.807) is 31.5 Å². The summed E-state index contributed by atoms with van der Waals surface area (Å²) in [5.74, 6) is -0.220. The van der Waals surface area contributed by atoms with Crippen LogP contribution >= 0.6 is 11.6 Å². The molecule has 3 rings (SSSR count). The van der Waals surface area contributed by atoms with Crippen LogP contribution in [0.4, 0.5) is 4.39 Å². The molecule has 21 heavy (non-hydrogen) atoms. The molecule has 0 saturated carbocycles. The van der Waals surface area contributed by atoms with E-state index < -0.39 is 5.82 Å². The molecule has 0 aliphatic rings. The standard InChI is InChI=1S/C13H9ClFN5O/c1-8-3-2-4-9(10(8)15)21-13-18-11(14)17-12(19-13)20-6-5-16-7-20/h2-7H,1H3. The molecule has 106 valence electrons. The van der Waals surface area contributed by atoms with Crippen LogP contribution in [0.25, 0.3) is 5.95 Å². The minimum atomic E-state index is -0.474. The van der Waals surface area contributed by atoms with E-state index in [1.807, 2.05) is 0 Å². The number of aryl methyl sites for hydroxylation is 1. The molecule has 1 aromatic carbocycles. The topological polar surface area (TPSA) is 65.7 Å². The maximum absolute atomic E-state index is 13.9. The van der Waals surface area contributed by atoms with E-state index in [0.717, 1.165) is 0 Å². The summed E-state index contributed by atoms with van der Waals surface area (Å²) < 4.78 is 20.8. The molecule has 3 aromatic rings. The molecule has 0 aliphatic heterocycles. The number of hydrogen-bond acceptors (Lipinski definition) is 5. The number of hydrogen-bond donors (Lipinski definition) is 0. The molecule has 0 saturated heterocycles. The van der Waals surface area contributed by atoms with Crippen LogP contribution in [0.15, 0.2) is 36.9 Å². The first-order valence-corrected chi connectivity index (χ1v) is 6.34. The number of rotatable bonds is 3. The number of halogens is 2. The minimum absolute atomic E-state index is 0.0221. The van der Waals surface area contributed by atoms with Crippen molar-refractivity contribution in [2.45, 2.75) is 6.92 Å². The molecule has 0 radical (unpaired) electrons. The van der Waals surface area contributed by atoms with Gasteiger partial charge in [0.25, 0.3) is 0 Å². The zero-order chi connectivity index (χ0) is 14.8. The van der Waals surface area contributed by atoms with Crippen molar-refractivity contribution in [1.29, 1.82) is 0 Å². The number of benzene rings is 1. The fraction of sp³-hybridized carbons (Fsp3) is 0.0769. The van der Waals surface area contributed by atoms with Gasteiger partial charge in [-0.2, -0.15) is 15.0 Å². The summed E-state index contributed by atoms with van der Waals surface area (Å²) in [6, 6.07) is 4.70. The smallest absolute Gasteiger partial charge is 0.328 e. The Bertz CT molecular complexity index is 778. The Morgan fingerprint density at radius 2 is 2.10 bits per heavy atom. The Morgan fingerprint density at radius 3 is 2.86 bits per heavy atom. The summed E-state index contributed by atoms with van der Waals surface area (Å²) in [6.45, 7) is 1.64. The zero-order valence-corrected chi connectivity index (χ0v) is 11.6. The van der Waals surface area contributed by atoms with Gasteiger partial charge in [0, 0.05) is 12.4 Å². The van der Waals surface area contributed by atoms with Gasteiger partial charge in [0.05, 0.1) is 0 Å². The highest BCUT2D eigenvalue weighted by atomic mass is 35.5. The average molecular weight is 306 g/mol. The monoisotopic (exact) mass is 305 g/mol. The van der Waals surface area contributed by atoms with Crippen LogP contribution in [0.5, 0.6) is 11.8 Å². The molecule has 2 aromatic heterocycles. The first kappa shape index (κ1) is 13.4. The molecule has 2 heterocycles. The van der Waals surface area contributed by atoms with Gasteiger partial charge < -0.3 is 4.74 Å². The zero-order valence-electron chi connectivity index (χ0n) is 10.9. The van der Waals surface area contributed by atoms with E-state index in [2.05, 4.69) is 19.9 Å².